The van der Waals surface area contributed by atoms with Crippen LogP contribution >= 0.6 is 0 Å². The minimum absolute atomic E-state index is 0.193. The van der Waals surface area contributed by atoms with E-state index in [0.29, 0.717) is 6.04 Å². The van der Waals surface area contributed by atoms with Crippen molar-refractivity contribution in [1.29, 1.82) is 0 Å². The third-order valence-electron chi connectivity index (χ3n) is 4.68. The van der Waals surface area contributed by atoms with Crippen LogP contribution in [0, 0.1) is 0 Å². The summed E-state index contributed by atoms with van der Waals surface area (Å²) >= 11 is 0. The van der Waals surface area contributed by atoms with Crippen LogP contribution in [0.25, 0.3) is 0 Å². The lowest BCUT2D eigenvalue weighted by molar-refractivity contribution is 0.0973. The maximum Gasteiger partial charge on any atom is 0.0375 e. The zero-order chi connectivity index (χ0) is 15.6. The molecule has 1 fully saturated rings. The molecule has 2 unspecified atom stereocenters. The summed E-state index contributed by atoms with van der Waals surface area (Å²) in [6, 6.07) is 9.63. The quantitative estimate of drug-likeness (QED) is 0.925. The Balaban J connectivity index is 2.00. The number of hydrogen-bond donors (Lipinski definition) is 1. The summed E-state index contributed by atoms with van der Waals surface area (Å²) in [5, 5.41) is 0. The van der Waals surface area contributed by atoms with E-state index >= 15 is 0 Å². The zero-order valence-electron chi connectivity index (χ0n) is 14.3. The van der Waals surface area contributed by atoms with Crippen molar-refractivity contribution in [2.45, 2.75) is 44.7 Å². The number of rotatable bonds is 3. The number of nitrogens with two attached hydrogens (primary N) is 1. The van der Waals surface area contributed by atoms with Crippen LogP contribution in [0.15, 0.2) is 24.3 Å². The van der Waals surface area contributed by atoms with Crippen LogP contribution < -0.4 is 5.73 Å². The van der Waals surface area contributed by atoms with Gasteiger partial charge in [0.25, 0.3) is 0 Å². The molecule has 3 heteroatoms. The van der Waals surface area contributed by atoms with Crippen molar-refractivity contribution >= 4 is 0 Å². The maximum atomic E-state index is 6.49. The third kappa shape index (κ3) is 4.29. The smallest absolute Gasteiger partial charge is 0.0375 e. The summed E-state index contributed by atoms with van der Waals surface area (Å²) in [7, 11) is 4.38. The lowest BCUT2D eigenvalue weighted by Gasteiger charge is -2.40. The Hall–Kier alpha value is -0.900. The number of nitrogens with zero attached hydrogens (tertiary/aromatic N) is 2. The van der Waals surface area contributed by atoms with Gasteiger partial charge in [-0.1, -0.05) is 45.0 Å². The van der Waals surface area contributed by atoms with Crippen LogP contribution in [0.5, 0.6) is 0 Å². The van der Waals surface area contributed by atoms with Gasteiger partial charge in [0.05, 0.1) is 0 Å². The molecule has 0 aliphatic carbocycles. The first-order chi connectivity index (χ1) is 9.77. The zero-order valence-corrected chi connectivity index (χ0v) is 14.3. The van der Waals surface area contributed by atoms with Gasteiger partial charge in [0.2, 0.25) is 0 Å². The van der Waals surface area contributed by atoms with Crippen molar-refractivity contribution in [3.63, 3.8) is 0 Å². The first-order valence-corrected chi connectivity index (χ1v) is 8.01. The first-order valence-electron chi connectivity index (χ1n) is 8.01. The topological polar surface area (TPSA) is 32.5 Å². The molecular weight excluding hydrogens is 258 g/mol. The molecule has 0 spiro atoms. The van der Waals surface area contributed by atoms with E-state index in [1.807, 2.05) is 0 Å². The maximum absolute atomic E-state index is 6.49. The molecule has 2 atom stereocenters. The minimum Gasteiger partial charge on any atom is -0.326 e. The second kappa shape index (κ2) is 6.47. The van der Waals surface area contributed by atoms with Gasteiger partial charge >= 0.3 is 0 Å². The van der Waals surface area contributed by atoms with Gasteiger partial charge in [0.1, 0.15) is 0 Å². The highest BCUT2D eigenvalue weighted by atomic mass is 15.3. The molecule has 0 radical (unpaired) electrons. The summed E-state index contributed by atoms with van der Waals surface area (Å²) in [5.74, 6) is 0. The van der Waals surface area contributed by atoms with Crippen LogP contribution in [0.2, 0.25) is 0 Å². The Kier molecular flexibility index (Phi) is 5.07. The summed E-state index contributed by atoms with van der Waals surface area (Å²) in [5.41, 5.74) is 9.43. The molecule has 3 nitrogen and oxygen atoms in total. The van der Waals surface area contributed by atoms with Crippen LogP contribution in [-0.4, -0.2) is 55.6 Å². The van der Waals surface area contributed by atoms with E-state index in [4.69, 9.17) is 5.73 Å². The van der Waals surface area contributed by atoms with Crippen LogP contribution in [0.4, 0.5) is 0 Å². The Morgan fingerprint density at radius 1 is 1.14 bits per heavy atom. The van der Waals surface area contributed by atoms with Crippen molar-refractivity contribution in [3.05, 3.63) is 35.4 Å². The third-order valence-corrected chi connectivity index (χ3v) is 4.68. The Morgan fingerprint density at radius 2 is 1.76 bits per heavy atom. The summed E-state index contributed by atoms with van der Waals surface area (Å²) in [6.45, 7) is 10.1. The molecular formula is C18H31N3. The highest BCUT2D eigenvalue weighted by Crippen LogP contribution is 2.23. The number of likely N-dealkylation sites (N-methyl/N-ethyl adjacent to an activating group) is 2. The van der Waals surface area contributed by atoms with E-state index in [-0.39, 0.29) is 11.5 Å². The van der Waals surface area contributed by atoms with Crippen LogP contribution in [-0.2, 0) is 11.8 Å². The largest absolute Gasteiger partial charge is 0.326 e. The van der Waals surface area contributed by atoms with Gasteiger partial charge in [-0.3, -0.25) is 4.90 Å². The lowest BCUT2D eigenvalue weighted by atomic mass is 9.86. The predicted molar refractivity (Wildman–Crippen MR) is 90.7 cm³/mol. The summed E-state index contributed by atoms with van der Waals surface area (Å²) in [4.78, 5) is 4.79. The lowest BCUT2D eigenvalue weighted by Crippen LogP contribution is -2.58. The summed E-state index contributed by atoms with van der Waals surface area (Å²) < 4.78 is 0. The molecule has 1 aromatic carbocycles. The molecule has 0 bridgehead atoms. The van der Waals surface area contributed by atoms with Gasteiger partial charge in [-0.15, -0.1) is 0 Å². The number of piperazine rings is 1. The predicted octanol–water partition coefficient (Wildman–Crippen LogP) is 2.10. The van der Waals surface area contributed by atoms with Gasteiger partial charge in [0.15, 0.2) is 0 Å². The number of hydrogen-bond acceptors (Lipinski definition) is 3. The molecule has 0 aromatic heterocycles. The molecule has 1 aliphatic heterocycles. The molecule has 1 heterocycles. The Bertz CT molecular complexity index is 447. The van der Waals surface area contributed by atoms with Gasteiger partial charge in [-0.05, 0) is 37.1 Å². The fraction of sp³-hybridized carbons (Fsp3) is 0.667. The molecule has 118 valence electrons. The summed E-state index contributed by atoms with van der Waals surface area (Å²) in [6.07, 6.45) is 0.952. The standard InChI is InChI=1S/C18H31N3/c1-18(2,3)15-8-6-14(7-9-15)12-16(19)17-13-20(4)10-11-21(17)5/h6-9,16-17H,10-13,19H2,1-5H3. The van der Waals surface area contributed by atoms with Crippen molar-refractivity contribution in [2.75, 3.05) is 33.7 Å². The molecule has 21 heavy (non-hydrogen) atoms. The average Bonchev–Trinajstić information content (AvgIpc) is 2.41. The van der Waals surface area contributed by atoms with E-state index < -0.39 is 0 Å². The molecule has 1 saturated heterocycles. The van der Waals surface area contributed by atoms with Crippen LogP contribution in [0.3, 0.4) is 0 Å². The molecule has 0 saturated carbocycles. The molecule has 2 rings (SSSR count). The van der Waals surface area contributed by atoms with E-state index in [9.17, 15) is 0 Å². The van der Waals surface area contributed by atoms with E-state index in [1.165, 1.54) is 11.1 Å². The van der Waals surface area contributed by atoms with Crippen molar-refractivity contribution in [2.24, 2.45) is 5.73 Å². The van der Waals surface area contributed by atoms with Crippen molar-refractivity contribution in [3.8, 4) is 0 Å². The normalized spacial score (nSPS) is 23.2. The fourth-order valence-electron chi connectivity index (χ4n) is 3.06. The van der Waals surface area contributed by atoms with Crippen molar-refractivity contribution in [1.82, 2.24) is 9.80 Å². The minimum atomic E-state index is 0.193. The highest BCUT2D eigenvalue weighted by molar-refractivity contribution is 5.28. The van der Waals surface area contributed by atoms with E-state index in [0.717, 1.165) is 26.1 Å². The van der Waals surface area contributed by atoms with E-state index in [2.05, 4.69) is 68.9 Å². The molecule has 2 N–H and O–H groups in total. The second-order valence-corrected chi connectivity index (χ2v) is 7.63. The monoisotopic (exact) mass is 289 g/mol. The second-order valence-electron chi connectivity index (χ2n) is 7.63. The van der Waals surface area contributed by atoms with E-state index in [1.54, 1.807) is 0 Å². The van der Waals surface area contributed by atoms with Crippen LogP contribution in [0.1, 0.15) is 31.9 Å². The Labute approximate surface area is 130 Å². The van der Waals surface area contributed by atoms with Gasteiger partial charge < -0.3 is 10.6 Å². The highest BCUT2D eigenvalue weighted by Gasteiger charge is 2.27. The molecule has 1 aliphatic rings. The number of benzene rings is 1. The van der Waals surface area contributed by atoms with Gasteiger partial charge in [-0.2, -0.15) is 0 Å². The van der Waals surface area contributed by atoms with Gasteiger partial charge in [0, 0.05) is 31.7 Å². The first kappa shape index (κ1) is 16.5. The molecule has 1 aromatic rings. The average molecular weight is 289 g/mol. The van der Waals surface area contributed by atoms with Gasteiger partial charge in [-0.25, -0.2) is 0 Å². The molecule has 0 amide bonds. The fourth-order valence-corrected chi connectivity index (χ4v) is 3.06. The van der Waals surface area contributed by atoms with Crippen molar-refractivity contribution < 1.29 is 0 Å². The Morgan fingerprint density at radius 3 is 2.33 bits per heavy atom. The SMILES string of the molecule is CN1CCN(C)C(C(N)Cc2ccc(C(C)(C)C)cc2)C1.